The number of alkyl halides is 1. The minimum Gasteiger partial charge on any atom is -0.489 e. The van der Waals surface area contributed by atoms with E-state index in [0.717, 1.165) is 42.7 Å². The van der Waals surface area contributed by atoms with E-state index in [1.54, 1.807) is 18.2 Å². The Labute approximate surface area is 192 Å². The first-order chi connectivity index (χ1) is 14.0. The van der Waals surface area contributed by atoms with Gasteiger partial charge in [-0.25, -0.2) is 0 Å². The summed E-state index contributed by atoms with van der Waals surface area (Å²) < 4.78 is 18.0. The average molecular weight is 478 g/mol. The number of hydrogen-bond acceptors (Lipinski definition) is 3. The van der Waals surface area contributed by atoms with Crippen LogP contribution in [-0.4, -0.2) is 31.0 Å². The van der Waals surface area contributed by atoms with Crippen molar-refractivity contribution in [2.24, 2.45) is 0 Å². The molecular formula is C22H24Cl4O3. The van der Waals surface area contributed by atoms with Crippen LogP contribution in [0, 0.1) is 0 Å². The smallest absolute Gasteiger partial charge is 0.158 e. The molecule has 0 amide bonds. The Morgan fingerprint density at radius 1 is 1.03 bits per heavy atom. The standard InChI is InChI=1S/C22H24Cl4O3/c23-13-17(10-8-15-4-1-2-6-19(15)25)28-22-7-3-5-18(29-22)14-27-21-11-9-16(24)12-20(21)26/h1-2,4,6,9,11-12,17-18,22H,3,5,7-8,10,13-14H2/t17?,18-,22-/m1/s1. The van der Waals surface area contributed by atoms with Gasteiger partial charge in [-0.1, -0.05) is 53.0 Å². The third kappa shape index (κ3) is 7.20. The fourth-order valence-corrected chi connectivity index (χ4v) is 4.19. The van der Waals surface area contributed by atoms with E-state index in [0.29, 0.717) is 28.3 Å². The van der Waals surface area contributed by atoms with Gasteiger partial charge in [-0.05, 0) is 61.9 Å². The van der Waals surface area contributed by atoms with Crippen molar-refractivity contribution in [3.63, 3.8) is 0 Å². The van der Waals surface area contributed by atoms with Crippen molar-refractivity contribution in [2.75, 3.05) is 12.5 Å². The number of halogens is 4. The zero-order valence-corrected chi connectivity index (χ0v) is 19.0. The maximum atomic E-state index is 6.24. The van der Waals surface area contributed by atoms with Gasteiger partial charge in [0.05, 0.1) is 17.2 Å². The Morgan fingerprint density at radius 2 is 1.86 bits per heavy atom. The normalized spacial score (nSPS) is 20.4. The van der Waals surface area contributed by atoms with E-state index >= 15 is 0 Å². The zero-order chi connectivity index (χ0) is 20.6. The predicted octanol–water partition coefficient (Wildman–Crippen LogP) is 7.18. The lowest BCUT2D eigenvalue weighted by Gasteiger charge is -2.32. The number of benzene rings is 2. The molecule has 2 aromatic carbocycles. The summed E-state index contributed by atoms with van der Waals surface area (Å²) in [6.07, 6.45) is 3.93. The molecule has 1 heterocycles. The van der Waals surface area contributed by atoms with Crippen LogP contribution >= 0.6 is 46.4 Å². The molecule has 0 N–H and O–H groups in total. The van der Waals surface area contributed by atoms with Gasteiger partial charge in [0.15, 0.2) is 6.29 Å². The van der Waals surface area contributed by atoms with E-state index in [2.05, 4.69) is 0 Å². The zero-order valence-electron chi connectivity index (χ0n) is 16.0. The van der Waals surface area contributed by atoms with Gasteiger partial charge >= 0.3 is 0 Å². The fourth-order valence-electron chi connectivity index (χ4n) is 3.27. The molecular weight excluding hydrogens is 454 g/mol. The van der Waals surface area contributed by atoms with E-state index < -0.39 is 0 Å². The highest BCUT2D eigenvalue weighted by atomic mass is 35.5. The van der Waals surface area contributed by atoms with Gasteiger partial charge in [-0.15, -0.1) is 11.6 Å². The molecule has 0 spiro atoms. The summed E-state index contributed by atoms with van der Waals surface area (Å²) in [4.78, 5) is 0. The summed E-state index contributed by atoms with van der Waals surface area (Å²) in [5.74, 6) is 1.01. The van der Waals surface area contributed by atoms with Crippen molar-refractivity contribution in [3.8, 4) is 5.75 Å². The number of ether oxygens (including phenoxy) is 3. The molecule has 2 aromatic rings. The molecule has 0 aromatic heterocycles. The summed E-state index contributed by atoms with van der Waals surface area (Å²) in [6.45, 7) is 0.409. The van der Waals surface area contributed by atoms with Crippen molar-refractivity contribution < 1.29 is 14.2 Å². The summed E-state index contributed by atoms with van der Waals surface area (Å²) in [5, 5.41) is 1.84. The van der Waals surface area contributed by atoms with Crippen LogP contribution in [0.1, 0.15) is 31.2 Å². The molecule has 3 rings (SSSR count). The van der Waals surface area contributed by atoms with E-state index in [9.17, 15) is 0 Å². The van der Waals surface area contributed by atoms with Crippen LogP contribution in [0.15, 0.2) is 42.5 Å². The Hall–Kier alpha value is -0.680. The van der Waals surface area contributed by atoms with Crippen molar-refractivity contribution in [2.45, 2.75) is 50.6 Å². The summed E-state index contributed by atoms with van der Waals surface area (Å²) in [6, 6.07) is 13.0. The lowest BCUT2D eigenvalue weighted by Crippen LogP contribution is -2.36. The summed E-state index contributed by atoms with van der Waals surface area (Å²) in [7, 11) is 0. The molecule has 1 aliphatic heterocycles. The molecule has 0 aliphatic carbocycles. The maximum absolute atomic E-state index is 6.24. The number of aryl methyl sites for hydroxylation is 1. The molecule has 1 unspecified atom stereocenters. The predicted molar refractivity (Wildman–Crippen MR) is 120 cm³/mol. The van der Waals surface area contributed by atoms with Crippen LogP contribution in [0.5, 0.6) is 5.75 Å². The second kappa shape index (κ2) is 11.6. The minimum absolute atomic E-state index is 0.0555. The first kappa shape index (κ1) is 23.0. The van der Waals surface area contributed by atoms with Gasteiger partial charge < -0.3 is 14.2 Å². The molecule has 158 valence electrons. The highest BCUT2D eigenvalue weighted by Crippen LogP contribution is 2.29. The van der Waals surface area contributed by atoms with Crippen molar-refractivity contribution in [3.05, 3.63) is 63.1 Å². The molecule has 1 aliphatic rings. The van der Waals surface area contributed by atoms with Crippen molar-refractivity contribution in [1.82, 2.24) is 0 Å². The second-order valence-electron chi connectivity index (χ2n) is 7.05. The van der Waals surface area contributed by atoms with E-state index in [1.165, 1.54) is 0 Å². The third-order valence-electron chi connectivity index (χ3n) is 4.84. The molecule has 0 radical (unpaired) electrons. The van der Waals surface area contributed by atoms with Gasteiger partial charge in [0.2, 0.25) is 0 Å². The van der Waals surface area contributed by atoms with E-state index in [-0.39, 0.29) is 18.5 Å². The molecule has 0 bridgehead atoms. The first-order valence-corrected chi connectivity index (χ1v) is 11.4. The first-order valence-electron chi connectivity index (χ1n) is 9.73. The Balaban J connectivity index is 1.47. The van der Waals surface area contributed by atoms with Crippen molar-refractivity contribution >= 4 is 46.4 Å². The van der Waals surface area contributed by atoms with Crippen LogP contribution in [-0.2, 0) is 15.9 Å². The maximum Gasteiger partial charge on any atom is 0.158 e. The Bertz CT molecular complexity index is 786. The van der Waals surface area contributed by atoms with Crippen LogP contribution in [0.2, 0.25) is 15.1 Å². The second-order valence-corrected chi connectivity index (χ2v) is 8.61. The lowest BCUT2D eigenvalue weighted by atomic mass is 10.1. The average Bonchev–Trinajstić information content (AvgIpc) is 2.72. The molecule has 0 saturated carbocycles. The quantitative estimate of drug-likeness (QED) is 0.358. The third-order valence-corrected chi connectivity index (χ3v) is 6.08. The van der Waals surface area contributed by atoms with Gasteiger partial charge in [-0.3, -0.25) is 0 Å². The molecule has 7 heteroatoms. The van der Waals surface area contributed by atoms with Crippen molar-refractivity contribution in [1.29, 1.82) is 0 Å². The lowest BCUT2D eigenvalue weighted by molar-refractivity contribution is -0.216. The molecule has 1 fully saturated rings. The largest absolute Gasteiger partial charge is 0.489 e. The van der Waals surface area contributed by atoms with Crippen LogP contribution < -0.4 is 4.74 Å². The number of hydrogen-bond donors (Lipinski definition) is 0. The van der Waals surface area contributed by atoms with Gasteiger partial charge in [-0.2, -0.15) is 0 Å². The highest BCUT2D eigenvalue weighted by Gasteiger charge is 2.26. The molecule has 3 nitrogen and oxygen atoms in total. The molecule has 1 saturated heterocycles. The Morgan fingerprint density at radius 3 is 2.62 bits per heavy atom. The topological polar surface area (TPSA) is 27.7 Å². The van der Waals surface area contributed by atoms with Crippen LogP contribution in [0.3, 0.4) is 0 Å². The van der Waals surface area contributed by atoms with Gasteiger partial charge in [0, 0.05) is 15.9 Å². The summed E-state index contributed by atoms with van der Waals surface area (Å²) >= 11 is 24.5. The summed E-state index contributed by atoms with van der Waals surface area (Å²) in [5.41, 5.74) is 1.10. The van der Waals surface area contributed by atoms with E-state index in [1.807, 2.05) is 24.3 Å². The molecule has 3 atom stereocenters. The van der Waals surface area contributed by atoms with Gasteiger partial charge in [0.25, 0.3) is 0 Å². The SMILES string of the molecule is ClCC(CCc1ccccc1Cl)O[C@H]1CCC[C@H](COc2ccc(Cl)cc2Cl)O1. The van der Waals surface area contributed by atoms with Gasteiger partial charge in [0.1, 0.15) is 12.4 Å². The fraction of sp³-hybridized carbons (Fsp3) is 0.455. The Kier molecular flexibility index (Phi) is 9.23. The van der Waals surface area contributed by atoms with Crippen LogP contribution in [0.4, 0.5) is 0 Å². The van der Waals surface area contributed by atoms with Crippen LogP contribution in [0.25, 0.3) is 0 Å². The highest BCUT2D eigenvalue weighted by molar-refractivity contribution is 6.35. The minimum atomic E-state index is -0.284. The van der Waals surface area contributed by atoms with E-state index in [4.69, 9.17) is 60.6 Å². The molecule has 29 heavy (non-hydrogen) atoms. The number of rotatable bonds is 9. The monoisotopic (exact) mass is 476 g/mol.